The molecule has 0 radical (unpaired) electrons. The highest BCUT2D eigenvalue weighted by Gasteiger charge is 2.25. The van der Waals surface area contributed by atoms with Crippen LogP contribution in [0.15, 0.2) is 59.2 Å². The summed E-state index contributed by atoms with van der Waals surface area (Å²) in [5.74, 6) is -1.13. The molecule has 0 fully saturated rings. The summed E-state index contributed by atoms with van der Waals surface area (Å²) >= 11 is 5.80. The number of benzene rings is 2. The third kappa shape index (κ3) is 2.85. The molecule has 0 atom stereocenters. The predicted molar refractivity (Wildman–Crippen MR) is 78.5 cm³/mol. The molecule has 5 heteroatoms. The number of esters is 1. The van der Waals surface area contributed by atoms with Crippen LogP contribution in [0.25, 0.3) is 6.08 Å². The lowest BCUT2D eigenvalue weighted by molar-refractivity contribution is -0.129. The van der Waals surface area contributed by atoms with Crippen LogP contribution in [0.2, 0.25) is 5.02 Å². The molecule has 0 saturated heterocycles. The Kier molecular flexibility index (Phi) is 3.54. The van der Waals surface area contributed by atoms with Crippen molar-refractivity contribution < 1.29 is 13.9 Å². The fraction of sp³-hybridized carbons (Fsp3) is 0. The van der Waals surface area contributed by atoms with Gasteiger partial charge in [0.05, 0.1) is 5.56 Å². The third-order valence-electron chi connectivity index (χ3n) is 2.90. The summed E-state index contributed by atoms with van der Waals surface area (Å²) in [5.41, 5.74) is 1.03. The zero-order valence-corrected chi connectivity index (χ0v) is 11.5. The normalized spacial score (nSPS) is 16.0. The molecular formula is C16H9ClFNO2. The fourth-order valence-corrected chi connectivity index (χ4v) is 2.00. The Labute approximate surface area is 125 Å². The van der Waals surface area contributed by atoms with Crippen molar-refractivity contribution >= 4 is 29.5 Å². The quantitative estimate of drug-likeness (QED) is 0.625. The van der Waals surface area contributed by atoms with Gasteiger partial charge in [-0.3, -0.25) is 0 Å². The minimum absolute atomic E-state index is 0.0293. The number of rotatable bonds is 2. The second kappa shape index (κ2) is 5.50. The highest BCUT2D eigenvalue weighted by Crippen LogP contribution is 2.21. The number of ether oxygens (including phenoxy) is 1. The number of nitrogens with zero attached hydrogens (tertiary/aromatic N) is 1. The summed E-state index contributed by atoms with van der Waals surface area (Å²) in [5, 5.41) is 0.599. The molecule has 2 aromatic carbocycles. The molecule has 0 bridgehead atoms. The van der Waals surface area contributed by atoms with Crippen LogP contribution in [0.1, 0.15) is 11.1 Å². The van der Waals surface area contributed by atoms with Gasteiger partial charge in [-0.15, -0.1) is 0 Å². The molecule has 1 aliphatic heterocycles. The SMILES string of the molecule is O=C1OC(c2ccccc2F)=N/C1=C\c1ccc(Cl)cc1. The van der Waals surface area contributed by atoms with Crippen molar-refractivity contribution in [2.75, 3.05) is 0 Å². The van der Waals surface area contributed by atoms with Gasteiger partial charge in [-0.1, -0.05) is 35.9 Å². The summed E-state index contributed by atoms with van der Waals surface area (Å²) in [6, 6.07) is 12.9. The number of halogens is 2. The molecule has 1 heterocycles. The second-order valence-electron chi connectivity index (χ2n) is 4.37. The monoisotopic (exact) mass is 301 g/mol. The van der Waals surface area contributed by atoms with Crippen molar-refractivity contribution in [2.24, 2.45) is 4.99 Å². The first-order valence-electron chi connectivity index (χ1n) is 6.16. The molecule has 0 N–H and O–H groups in total. The highest BCUT2D eigenvalue weighted by molar-refractivity contribution is 6.30. The first kappa shape index (κ1) is 13.5. The van der Waals surface area contributed by atoms with E-state index in [1.54, 1.807) is 42.5 Å². The number of hydrogen-bond donors (Lipinski definition) is 0. The van der Waals surface area contributed by atoms with Crippen LogP contribution in [-0.4, -0.2) is 11.9 Å². The van der Waals surface area contributed by atoms with E-state index in [1.807, 2.05) is 0 Å². The molecular weight excluding hydrogens is 293 g/mol. The Morgan fingerprint density at radius 3 is 2.52 bits per heavy atom. The van der Waals surface area contributed by atoms with Crippen molar-refractivity contribution in [3.63, 3.8) is 0 Å². The zero-order valence-electron chi connectivity index (χ0n) is 10.7. The van der Waals surface area contributed by atoms with E-state index in [9.17, 15) is 9.18 Å². The van der Waals surface area contributed by atoms with Crippen LogP contribution in [0, 0.1) is 5.82 Å². The van der Waals surface area contributed by atoms with Crippen molar-refractivity contribution in [3.05, 3.63) is 76.2 Å². The van der Waals surface area contributed by atoms with E-state index in [0.717, 1.165) is 5.56 Å². The second-order valence-corrected chi connectivity index (χ2v) is 4.80. The van der Waals surface area contributed by atoms with Crippen LogP contribution < -0.4 is 0 Å². The average Bonchev–Trinajstić information content (AvgIpc) is 2.83. The molecule has 2 aromatic rings. The van der Waals surface area contributed by atoms with Crippen LogP contribution >= 0.6 is 11.6 Å². The average molecular weight is 302 g/mol. The molecule has 3 rings (SSSR count). The molecule has 0 amide bonds. The largest absolute Gasteiger partial charge is 0.402 e. The van der Waals surface area contributed by atoms with Gasteiger partial charge in [0.2, 0.25) is 5.90 Å². The lowest BCUT2D eigenvalue weighted by atomic mass is 10.2. The van der Waals surface area contributed by atoms with Gasteiger partial charge in [0.15, 0.2) is 5.70 Å². The molecule has 0 unspecified atom stereocenters. The van der Waals surface area contributed by atoms with Gasteiger partial charge in [0.1, 0.15) is 5.82 Å². The van der Waals surface area contributed by atoms with E-state index >= 15 is 0 Å². The minimum Gasteiger partial charge on any atom is -0.402 e. The van der Waals surface area contributed by atoms with Crippen LogP contribution in [0.4, 0.5) is 4.39 Å². The summed E-state index contributed by atoms with van der Waals surface area (Å²) < 4.78 is 18.7. The Balaban J connectivity index is 1.96. The van der Waals surface area contributed by atoms with Crippen molar-refractivity contribution in [3.8, 4) is 0 Å². The van der Waals surface area contributed by atoms with Crippen molar-refractivity contribution in [1.29, 1.82) is 0 Å². The summed E-state index contributed by atoms with van der Waals surface area (Å²) in [6.07, 6.45) is 1.56. The smallest absolute Gasteiger partial charge is 0.363 e. The minimum atomic E-state index is -0.608. The molecule has 0 spiro atoms. The Morgan fingerprint density at radius 1 is 1.10 bits per heavy atom. The standard InChI is InChI=1S/C16H9ClFNO2/c17-11-7-5-10(6-8-11)9-14-16(20)21-15(19-14)12-3-1-2-4-13(12)18/h1-9H/b14-9-. The van der Waals surface area contributed by atoms with Crippen LogP contribution in [0.5, 0.6) is 0 Å². The number of carbonyl (C=O) groups is 1. The van der Waals surface area contributed by atoms with Crippen LogP contribution in [-0.2, 0) is 9.53 Å². The van der Waals surface area contributed by atoms with Gasteiger partial charge in [0.25, 0.3) is 0 Å². The maximum atomic E-state index is 13.7. The van der Waals surface area contributed by atoms with Gasteiger partial charge in [-0.2, -0.15) is 0 Å². The Morgan fingerprint density at radius 2 is 1.81 bits per heavy atom. The fourth-order valence-electron chi connectivity index (χ4n) is 1.88. The molecule has 0 saturated carbocycles. The lowest BCUT2D eigenvalue weighted by Gasteiger charge is -1.99. The molecule has 1 aliphatic rings. The highest BCUT2D eigenvalue weighted by atomic mass is 35.5. The number of hydrogen-bond acceptors (Lipinski definition) is 3. The van der Waals surface area contributed by atoms with E-state index in [0.29, 0.717) is 5.02 Å². The van der Waals surface area contributed by atoms with Gasteiger partial charge < -0.3 is 4.74 Å². The zero-order chi connectivity index (χ0) is 14.8. The van der Waals surface area contributed by atoms with Crippen molar-refractivity contribution in [2.45, 2.75) is 0 Å². The first-order valence-corrected chi connectivity index (χ1v) is 6.54. The Bertz CT molecular complexity index is 766. The summed E-state index contributed by atoms with van der Waals surface area (Å²) in [4.78, 5) is 15.8. The molecule has 0 aliphatic carbocycles. The van der Waals surface area contributed by atoms with Gasteiger partial charge >= 0.3 is 5.97 Å². The summed E-state index contributed by atoms with van der Waals surface area (Å²) in [6.45, 7) is 0. The van der Waals surface area contributed by atoms with Gasteiger partial charge in [-0.25, -0.2) is 14.2 Å². The summed E-state index contributed by atoms with van der Waals surface area (Å²) in [7, 11) is 0. The van der Waals surface area contributed by atoms with E-state index in [-0.39, 0.29) is 17.2 Å². The van der Waals surface area contributed by atoms with Gasteiger partial charge in [0, 0.05) is 5.02 Å². The molecule has 3 nitrogen and oxygen atoms in total. The maximum absolute atomic E-state index is 13.7. The number of cyclic esters (lactones) is 1. The lowest BCUT2D eigenvalue weighted by Crippen LogP contribution is -2.07. The Hall–Kier alpha value is -2.46. The predicted octanol–water partition coefficient (Wildman–Crippen LogP) is 3.82. The maximum Gasteiger partial charge on any atom is 0.363 e. The molecule has 104 valence electrons. The topological polar surface area (TPSA) is 38.7 Å². The number of carbonyl (C=O) groups excluding carboxylic acids is 1. The van der Waals surface area contributed by atoms with E-state index in [1.165, 1.54) is 12.1 Å². The molecule has 0 aromatic heterocycles. The van der Waals surface area contributed by atoms with Gasteiger partial charge in [-0.05, 0) is 35.9 Å². The van der Waals surface area contributed by atoms with E-state index in [4.69, 9.17) is 16.3 Å². The first-order chi connectivity index (χ1) is 10.1. The number of aliphatic imine (C=N–C) groups is 1. The third-order valence-corrected chi connectivity index (χ3v) is 3.15. The van der Waals surface area contributed by atoms with Crippen LogP contribution in [0.3, 0.4) is 0 Å². The molecule has 21 heavy (non-hydrogen) atoms. The van der Waals surface area contributed by atoms with E-state index < -0.39 is 11.8 Å². The van der Waals surface area contributed by atoms with E-state index in [2.05, 4.69) is 4.99 Å². The van der Waals surface area contributed by atoms with Crippen molar-refractivity contribution in [1.82, 2.24) is 0 Å².